The molecule has 0 unspecified atom stereocenters. The fourth-order valence-electron chi connectivity index (χ4n) is 0.289. The Morgan fingerprint density at radius 1 is 1.55 bits per heavy atom. The Bertz CT molecular complexity index is 302. The van der Waals surface area contributed by atoms with Crippen molar-refractivity contribution in [1.29, 1.82) is 0 Å². The van der Waals surface area contributed by atoms with Crippen LogP contribution in [0.2, 0.25) is 0 Å². The molecule has 0 aromatic heterocycles. The minimum atomic E-state index is -0.872. The van der Waals surface area contributed by atoms with E-state index < -0.39 is 5.97 Å². The fourth-order valence-corrected chi connectivity index (χ4v) is 0.289. The maximum Gasteiger partial charge on any atom is 0.376 e. The second-order valence-electron chi connectivity index (χ2n) is 1.56. The zero-order valence-electron chi connectivity index (χ0n) is 5.97. The monoisotopic (exact) mass is 150 g/mol. The molecule has 0 saturated carbocycles. The van der Waals surface area contributed by atoms with Crippen LogP contribution >= 0.6 is 0 Å². The van der Waals surface area contributed by atoms with Crippen LogP contribution in [0.3, 0.4) is 0 Å². The highest BCUT2D eigenvalue weighted by Crippen LogP contribution is 1.89. The maximum atomic E-state index is 10.4. The van der Waals surface area contributed by atoms with Gasteiger partial charge in [0.15, 0.2) is 0 Å². The van der Waals surface area contributed by atoms with Crippen molar-refractivity contribution in [2.75, 3.05) is 0 Å². The molecule has 0 atom stereocenters. The number of hydrogen-bond acceptors (Lipinski definition) is 3. The first-order valence-corrected chi connectivity index (χ1v) is 2.69. The summed E-state index contributed by atoms with van der Waals surface area (Å²) in [5.41, 5.74) is 9.38. The Morgan fingerprint density at radius 3 is 2.64 bits per heavy atom. The van der Waals surface area contributed by atoms with Gasteiger partial charge in [-0.1, -0.05) is 5.73 Å². The van der Waals surface area contributed by atoms with Crippen molar-refractivity contribution in [2.24, 2.45) is 0 Å². The molecule has 11 heavy (non-hydrogen) atoms. The summed E-state index contributed by atoms with van der Waals surface area (Å²) in [6, 6.07) is 0. The molecule has 0 amide bonds. The SMILES string of the molecule is C=C=C=C=C=C(C)C(=O)OO. The van der Waals surface area contributed by atoms with Crippen molar-refractivity contribution in [1.82, 2.24) is 0 Å². The van der Waals surface area contributed by atoms with Crippen LogP contribution in [0.15, 0.2) is 35.1 Å². The van der Waals surface area contributed by atoms with Crippen molar-refractivity contribution in [3.63, 3.8) is 0 Å². The lowest BCUT2D eigenvalue weighted by Gasteiger charge is -1.87. The molecule has 56 valence electrons. The minimum absolute atomic E-state index is 0.0928. The quantitative estimate of drug-likeness (QED) is 0.264. The van der Waals surface area contributed by atoms with E-state index in [1.165, 1.54) is 6.92 Å². The fraction of sp³-hybridized carbons (Fsp3) is 0.125. The molecule has 0 rings (SSSR count). The number of carbonyl (C=O) groups excluding carboxylic acids is 1. The summed E-state index contributed by atoms with van der Waals surface area (Å²) >= 11 is 0. The summed E-state index contributed by atoms with van der Waals surface area (Å²) < 4.78 is 0. The standard InChI is InChI=1S/C8H6O3/c1-3-4-5-6-7(2)8(9)11-10/h10H,1H2,2H3. The van der Waals surface area contributed by atoms with Crippen LogP contribution in [-0.4, -0.2) is 11.2 Å². The molecular weight excluding hydrogens is 144 g/mol. The second kappa shape index (κ2) is 5.10. The summed E-state index contributed by atoms with van der Waals surface area (Å²) in [4.78, 5) is 13.8. The molecule has 0 spiro atoms. The van der Waals surface area contributed by atoms with E-state index in [1.807, 2.05) is 0 Å². The lowest BCUT2D eigenvalue weighted by molar-refractivity contribution is -0.229. The van der Waals surface area contributed by atoms with Gasteiger partial charge in [0.25, 0.3) is 0 Å². The predicted octanol–water partition coefficient (Wildman–Crippen LogP) is 1.20. The van der Waals surface area contributed by atoms with E-state index in [0.717, 1.165) is 0 Å². The average molecular weight is 150 g/mol. The van der Waals surface area contributed by atoms with Gasteiger partial charge in [-0.25, -0.2) is 4.79 Å². The van der Waals surface area contributed by atoms with E-state index in [1.54, 1.807) is 0 Å². The predicted molar refractivity (Wildman–Crippen MR) is 37.6 cm³/mol. The summed E-state index contributed by atoms with van der Waals surface area (Å²) in [5.74, 6) is -0.872. The Morgan fingerprint density at radius 2 is 2.18 bits per heavy atom. The molecule has 0 aromatic rings. The van der Waals surface area contributed by atoms with Crippen LogP contribution in [0.25, 0.3) is 0 Å². The summed E-state index contributed by atoms with van der Waals surface area (Å²) in [6.07, 6.45) is 0. The molecule has 0 saturated heterocycles. The average Bonchev–Trinajstić information content (AvgIpc) is 2.03. The van der Waals surface area contributed by atoms with Gasteiger partial charge in [-0.2, -0.15) is 5.26 Å². The first kappa shape index (κ1) is 9.29. The van der Waals surface area contributed by atoms with Crippen molar-refractivity contribution in [3.05, 3.63) is 35.1 Å². The molecule has 0 heterocycles. The van der Waals surface area contributed by atoms with E-state index in [9.17, 15) is 4.79 Å². The minimum Gasteiger partial charge on any atom is -0.295 e. The van der Waals surface area contributed by atoms with Gasteiger partial charge in [0.1, 0.15) is 0 Å². The molecule has 3 nitrogen and oxygen atoms in total. The third-order valence-corrected chi connectivity index (χ3v) is 0.790. The third kappa shape index (κ3) is 3.80. The maximum absolute atomic E-state index is 10.4. The molecule has 0 aliphatic carbocycles. The first-order valence-electron chi connectivity index (χ1n) is 2.69. The first-order chi connectivity index (χ1) is 5.22. The molecule has 1 N–H and O–H groups in total. The van der Waals surface area contributed by atoms with Gasteiger partial charge in [0, 0.05) is 0 Å². The molecule has 0 aliphatic heterocycles. The summed E-state index contributed by atoms with van der Waals surface area (Å²) in [5, 5.41) is 7.88. The number of hydrogen-bond donors (Lipinski definition) is 1. The van der Waals surface area contributed by atoms with Gasteiger partial charge in [0.05, 0.1) is 5.57 Å². The Labute approximate surface area is 63.8 Å². The molecule has 3 heteroatoms. The van der Waals surface area contributed by atoms with E-state index in [-0.39, 0.29) is 5.57 Å². The smallest absolute Gasteiger partial charge is 0.295 e. The normalized spacial score (nSPS) is 6.36. The van der Waals surface area contributed by atoms with Crippen LogP contribution in [0.1, 0.15) is 6.92 Å². The molecule has 0 radical (unpaired) electrons. The van der Waals surface area contributed by atoms with Crippen LogP contribution in [-0.2, 0) is 9.68 Å². The lowest BCUT2D eigenvalue weighted by atomic mass is 10.3. The Hall–Kier alpha value is -1.71. The summed E-state index contributed by atoms with van der Waals surface area (Å²) in [7, 11) is 0. The lowest BCUT2D eigenvalue weighted by Crippen LogP contribution is -2.00. The topological polar surface area (TPSA) is 46.5 Å². The molecule has 0 fully saturated rings. The number of carbonyl (C=O) groups is 1. The molecule has 0 aromatic carbocycles. The highest BCUT2D eigenvalue weighted by atomic mass is 17.1. The van der Waals surface area contributed by atoms with Crippen molar-refractivity contribution < 1.29 is 14.9 Å². The van der Waals surface area contributed by atoms with Crippen molar-refractivity contribution >= 4 is 5.97 Å². The van der Waals surface area contributed by atoms with Gasteiger partial charge < -0.3 is 0 Å². The Kier molecular flexibility index (Phi) is 4.31. The van der Waals surface area contributed by atoms with Gasteiger partial charge >= 0.3 is 5.97 Å². The van der Waals surface area contributed by atoms with E-state index in [0.29, 0.717) is 0 Å². The van der Waals surface area contributed by atoms with Gasteiger partial charge in [-0.3, -0.25) is 4.89 Å². The second-order valence-corrected chi connectivity index (χ2v) is 1.56. The Balaban J connectivity index is 4.88. The van der Waals surface area contributed by atoms with Gasteiger partial charge in [0.2, 0.25) is 0 Å². The largest absolute Gasteiger partial charge is 0.376 e. The highest BCUT2D eigenvalue weighted by Gasteiger charge is 2.01. The van der Waals surface area contributed by atoms with E-state index >= 15 is 0 Å². The van der Waals surface area contributed by atoms with Gasteiger partial charge in [-0.15, -0.1) is 0 Å². The van der Waals surface area contributed by atoms with E-state index in [4.69, 9.17) is 5.26 Å². The number of rotatable bonds is 1. The summed E-state index contributed by atoms with van der Waals surface area (Å²) in [6.45, 7) is 4.62. The molecule has 0 bridgehead atoms. The van der Waals surface area contributed by atoms with E-state index in [2.05, 4.69) is 34.4 Å². The van der Waals surface area contributed by atoms with Crippen LogP contribution in [0.4, 0.5) is 0 Å². The van der Waals surface area contributed by atoms with Crippen molar-refractivity contribution in [2.45, 2.75) is 6.92 Å². The highest BCUT2D eigenvalue weighted by molar-refractivity contribution is 5.86. The van der Waals surface area contributed by atoms with Gasteiger partial charge in [-0.05, 0) is 30.7 Å². The molecule has 0 aliphatic rings. The van der Waals surface area contributed by atoms with Crippen LogP contribution in [0.5, 0.6) is 0 Å². The third-order valence-electron chi connectivity index (χ3n) is 0.790. The zero-order valence-corrected chi connectivity index (χ0v) is 5.97. The van der Waals surface area contributed by atoms with Crippen LogP contribution < -0.4 is 0 Å². The zero-order chi connectivity index (χ0) is 8.69. The van der Waals surface area contributed by atoms with Crippen LogP contribution in [0, 0.1) is 0 Å². The molecular formula is C8H6O3. The van der Waals surface area contributed by atoms with Crippen molar-refractivity contribution in [3.8, 4) is 0 Å².